The summed E-state index contributed by atoms with van der Waals surface area (Å²) in [6.45, 7) is 2.53. The minimum Gasteiger partial charge on any atom is -0.355 e. The summed E-state index contributed by atoms with van der Waals surface area (Å²) in [6.07, 6.45) is 1.63. The van der Waals surface area contributed by atoms with Crippen LogP contribution in [0, 0.1) is 0 Å². The van der Waals surface area contributed by atoms with Gasteiger partial charge in [-0.25, -0.2) is 8.42 Å². The van der Waals surface area contributed by atoms with Crippen molar-refractivity contribution >= 4 is 15.7 Å². The Morgan fingerprint density at radius 3 is 2.71 bits per heavy atom. The van der Waals surface area contributed by atoms with Gasteiger partial charge in [0.25, 0.3) is 0 Å². The molecular weight excluding hydrogens is 204 g/mol. The molecule has 0 aromatic rings. The van der Waals surface area contributed by atoms with E-state index in [-0.39, 0.29) is 17.7 Å². The van der Waals surface area contributed by atoms with Crippen LogP contribution in [0.25, 0.3) is 0 Å². The molecule has 0 saturated carbocycles. The summed E-state index contributed by atoms with van der Waals surface area (Å²) in [5, 5.41) is 6.85. The molecule has 0 saturated heterocycles. The standard InChI is InChI=1S/C8H14N2O3S/c1-7(11)9-3-4-10-8-2-5-14(12,13)6-8/h2,5,8,10H,3-4,6H2,1H3,(H,9,11). The molecule has 0 aromatic heterocycles. The van der Waals surface area contributed by atoms with Crippen molar-refractivity contribution in [2.45, 2.75) is 13.0 Å². The van der Waals surface area contributed by atoms with Crippen LogP contribution in [0.2, 0.25) is 0 Å². The van der Waals surface area contributed by atoms with Crippen LogP contribution >= 0.6 is 0 Å². The van der Waals surface area contributed by atoms with Crippen LogP contribution < -0.4 is 10.6 Å². The smallest absolute Gasteiger partial charge is 0.216 e. The molecule has 6 heteroatoms. The minimum atomic E-state index is -2.98. The van der Waals surface area contributed by atoms with E-state index in [1.54, 1.807) is 6.08 Å². The van der Waals surface area contributed by atoms with Gasteiger partial charge in [-0.05, 0) is 0 Å². The molecule has 1 rings (SSSR count). The maximum Gasteiger partial charge on any atom is 0.216 e. The summed E-state index contributed by atoms with van der Waals surface area (Å²) in [7, 11) is -2.98. The predicted molar refractivity (Wildman–Crippen MR) is 53.4 cm³/mol. The van der Waals surface area contributed by atoms with Crippen molar-refractivity contribution in [2.24, 2.45) is 0 Å². The van der Waals surface area contributed by atoms with E-state index in [1.165, 1.54) is 12.3 Å². The molecule has 1 aliphatic heterocycles. The fraction of sp³-hybridized carbons (Fsp3) is 0.625. The second-order valence-electron chi connectivity index (χ2n) is 3.20. The lowest BCUT2D eigenvalue weighted by molar-refractivity contribution is -0.118. The van der Waals surface area contributed by atoms with Gasteiger partial charge in [-0.15, -0.1) is 0 Å². The monoisotopic (exact) mass is 218 g/mol. The molecule has 0 bridgehead atoms. The minimum absolute atomic E-state index is 0.0821. The van der Waals surface area contributed by atoms with Gasteiger partial charge in [0.05, 0.1) is 5.75 Å². The van der Waals surface area contributed by atoms with Gasteiger partial charge in [0, 0.05) is 31.5 Å². The first kappa shape index (κ1) is 11.2. The average Bonchev–Trinajstić information content (AvgIpc) is 2.39. The van der Waals surface area contributed by atoms with Gasteiger partial charge >= 0.3 is 0 Å². The van der Waals surface area contributed by atoms with E-state index >= 15 is 0 Å². The highest BCUT2D eigenvalue weighted by molar-refractivity contribution is 7.94. The van der Waals surface area contributed by atoms with Crippen molar-refractivity contribution in [2.75, 3.05) is 18.8 Å². The normalized spacial score (nSPS) is 23.6. The van der Waals surface area contributed by atoms with Crippen molar-refractivity contribution in [3.63, 3.8) is 0 Å². The molecule has 0 fully saturated rings. The lowest BCUT2D eigenvalue weighted by atomic mass is 10.3. The van der Waals surface area contributed by atoms with Gasteiger partial charge < -0.3 is 10.6 Å². The fourth-order valence-corrected chi connectivity index (χ4v) is 2.47. The van der Waals surface area contributed by atoms with Crippen molar-refractivity contribution in [3.8, 4) is 0 Å². The van der Waals surface area contributed by atoms with Crippen LogP contribution in [0.3, 0.4) is 0 Å². The van der Waals surface area contributed by atoms with Crippen molar-refractivity contribution in [1.29, 1.82) is 0 Å². The zero-order valence-electron chi connectivity index (χ0n) is 7.99. The van der Waals surface area contributed by atoms with Crippen molar-refractivity contribution < 1.29 is 13.2 Å². The number of nitrogens with one attached hydrogen (secondary N) is 2. The van der Waals surface area contributed by atoms with Crippen molar-refractivity contribution in [1.82, 2.24) is 10.6 Å². The molecule has 1 atom stereocenters. The van der Waals surface area contributed by atoms with Crippen LogP contribution in [-0.2, 0) is 14.6 Å². The molecule has 1 unspecified atom stereocenters. The maximum absolute atomic E-state index is 11.0. The molecular formula is C8H14N2O3S. The second kappa shape index (κ2) is 4.56. The first-order valence-corrected chi connectivity index (χ1v) is 6.10. The van der Waals surface area contributed by atoms with Crippen LogP contribution in [-0.4, -0.2) is 39.2 Å². The molecule has 14 heavy (non-hydrogen) atoms. The molecule has 2 N–H and O–H groups in total. The van der Waals surface area contributed by atoms with Gasteiger partial charge in [0.15, 0.2) is 9.84 Å². The summed E-state index contributed by atoms with van der Waals surface area (Å²) >= 11 is 0. The summed E-state index contributed by atoms with van der Waals surface area (Å²) in [5.74, 6) is 0.0361. The van der Waals surface area contributed by atoms with E-state index in [2.05, 4.69) is 10.6 Å². The van der Waals surface area contributed by atoms with Gasteiger partial charge in [-0.3, -0.25) is 4.79 Å². The number of rotatable bonds is 4. The highest BCUT2D eigenvalue weighted by Crippen LogP contribution is 2.06. The largest absolute Gasteiger partial charge is 0.355 e. The number of amides is 1. The zero-order chi connectivity index (χ0) is 10.6. The first-order chi connectivity index (χ1) is 6.49. The molecule has 1 aliphatic rings. The van der Waals surface area contributed by atoms with Crippen LogP contribution in [0.1, 0.15) is 6.92 Å². The number of hydrogen-bond donors (Lipinski definition) is 2. The molecule has 80 valence electrons. The molecule has 5 nitrogen and oxygen atoms in total. The zero-order valence-corrected chi connectivity index (χ0v) is 8.80. The Hall–Kier alpha value is -0.880. The number of hydrogen-bond acceptors (Lipinski definition) is 4. The Balaban J connectivity index is 2.16. The summed E-state index contributed by atoms with van der Waals surface area (Å²) in [5.41, 5.74) is 0. The number of carbonyl (C=O) groups is 1. The van der Waals surface area contributed by atoms with E-state index in [4.69, 9.17) is 0 Å². The highest BCUT2D eigenvalue weighted by atomic mass is 32.2. The SMILES string of the molecule is CC(=O)NCCNC1C=CS(=O)(=O)C1. The Labute approximate surface area is 83.5 Å². The average molecular weight is 218 g/mol. The topological polar surface area (TPSA) is 75.3 Å². The Morgan fingerprint density at radius 1 is 1.50 bits per heavy atom. The van der Waals surface area contributed by atoms with E-state index in [1.807, 2.05) is 0 Å². The predicted octanol–water partition coefficient (Wildman–Crippen LogP) is -0.977. The van der Waals surface area contributed by atoms with Gasteiger partial charge in [0.1, 0.15) is 0 Å². The van der Waals surface area contributed by atoms with E-state index < -0.39 is 9.84 Å². The Kier molecular flexibility index (Phi) is 3.65. The number of carbonyl (C=O) groups excluding carboxylic acids is 1. The van der Waals surface area contributed by atoms with Gasteiger partial charge in [-0.2, -0.15) is 0 Å². The molecule has 0 radical (unpaired) electrons. The fourth-order valence-electron chi connectivity index (χ4n) is 1.20. The third-order valence-electron chi connectivity index (χ3n) is 1.84. The Morgan fingerprint density at radius 2 is 2.21 bits per heavy atom. The third kappa shape index (κ3) is 3.89. The van der Waals surface area contributed by atoms with Crippen LogP contribution in [0.4, 0.5) is 0 Å². The van der Waals surface area contributed by atoms with Gasteiger partial charge in [-0.1, -0.05) is 6.08 Å². The van der Waals surface area contributed by atoms with E-state index in [0.29, 0.717) is 13.1 Å². The lowest BCUT2D eigenvalue weighted by Crippen LogP contribution is -2.36. The third-order valence-corrected chi connectivity index (χ3v) is 3.23. The Bertz CT molecular complexity index is 334. The van der Waals surface area contributed by atoms with E-state index in [0.717, 1.165) is 0 Å². The highest BCUT2D eigenvalue weighted by Gasteiger charge is 2.20. The summed E-state index contributed by atoms with van der Waals surface area (Å²) < 4.78 is 22.0. The quantitative estimate of drug-likeness (QED) is 0.595. The molecule has 1 heterocycles. The lowest BCUT2D eigenvalue weighted by Gasteiger charge is -2.09. The molecule has 0 aliphatic carbocycles. The molecule has 0 aromatic carbocycles. The van der Waals surface area contributed by atoms with Crippen molar-refractivity contribution in [3.05, 3.63) is 11.5 Å². The van der Waals surface area contributed by atoms with E-state index in [9.17, 15) is 13.2 Å². The van der Waals surface area contributed by atoms with Crippen LogP contribution in [0.5, 0.6) is 0 Å². The number of sulfone groups is 1. The summed E-state index contributed by atoms with van der Waals surface area (Å²) in [6, 6.07) is -0.117. The molecule has 0 spiro atoms. The second-order valence-corrected chi connectivity index (χ2v) is 5.13. The first-order valence-electron chi connectivity index (χ1n) is 4.38. The summed E-state index contributed by atoms with van der Waals surface area (Å²) in [4.78, 5) is 10.5. The van der Waals surface area contributed by atoms with Gasteiger partial charge in [0.2, 0.25) is 5.91 Å². The van der Waals surface area contributed by atoms with Crippen LogP contribution in [0.15, 0.2) is 11.5 Å². The molecule has 1 amide bonds. The maximum atomic E-state index is 11.0.